The Bertz CT molecular complexity index is 858. The minimum absolute atomic E-state index is 0.0222. The summed E-state index contributed by atoms with van der Waals surface area (Å²) in [5, 5.41) is 0. The van der Waals surface area contributed by atoms with Gasteiger partial charge in [0.1, 0.15) is 0 Å². The third-order valence-corrected chi connectivity index (χ3v) is 4.96. The number of Topliss-reactive ketones (excluding diaryl/α,β-unsaturated/α-hetero) is 1. The molecule has 0 amide bonds. The molecule has 0 N–H and O–H groups in total. The van der Waals surface area contributed by atoms with E-state index in [0.29, 0.717) is 18.6 Å². The molecule has 0 aliphatic heterocycles. The van der Waals surface area contributed by atoms with E-state index < -0.39 is 0 Å². The van der Waals surface area contributed by atoms with Crippen LogP contribution in [0.3, 0.4) is 0 Å². The fourth-order valence-corrected chi connectivity index (χ4v) is 3.40. The van der Waals surface area contributed by atoms with Crippen LogP contribution >= 0.6 is 0 Å². The molecule has 1 aliphatic carbocycles. The molecular weight excluding hydrogens is 324 g/mol. The molecule has 0 spiro atoms. The van der Waals surface area contributed by atoms with Crippen LogP contribution in [-0.4, -0.2) is 18.4 Å². The first-order valence-corrected chi connectivity index (χ1v) is 9.04. The van der Waals surface area contributed by atoms with E-state index in [9.17, 15) is 9.59 Å². The summed E-state index contributed by atoms with van der Waals surface area (Å²) in [5.74, 6) is -0.0924. The first-order valence-electron chi connectivity index (χ1n) is 9.04. The van der Waals surface area contributed by atoms with Gasteiger partial charge in [-0.1, -0.05) is 56.3 Å². The maximum Gasteiger partial charge on any atom is 0.338 e. The highest BCUT2D eigenvalue weighted by Gasteiger charge is 2.32. The molecule has 2 aromatic rings. The number of rotatable bonds is 4. The first kappa shape index (κ1) is 18.1. The summed E-state index contributed by atoms with van der Waals surface area (Å²) in [6.07, 6.45) is 5.44. The molecule has 3 heteroatoms. The molecule has 0 unspecified atom stereocenters. The Balaban J connectivity index is 1.88. The summed E-state index contributed by atoms with van der Waals surface area (Å²) >= 11 is 0. The number of ketones is 1. The van der Waals surface area contributed by atoms with E-state index in [0.717, 1.165) is 28.7 Å². The second-order valence-corrected chi connectivity index (χ2v) is 7.25. The highest BCUT2D eigenvalue weighted by molar-refractivity contribution is 6.03. The van der Waals surface area contributed by atoms with Crippen molar-refractivity contribution in [1.29, 1.82) is 0 Å². The number of carbonyl (C=O) groups excluding carboxylic acids is 2. The Labute approximate surface area is 154 Å². The third-order valence-electron chi connectivity index (χ3n) is 4.96. The minimum Gasteiger partial charge on any atom is -0.462 e. The summed E-state index contributed by atoms with van der Waals surface area (Å²) in [7, 11) is 0. The molecular formula is C23H24O3. The zero-order valence-electron chi connectivity index (χ0n) is 15.5. The van der Waals surface area contributed by atoms with Crippen molar-refractivity contribution in [3.05, 3.63) is 70.3 Å². The van der Waals surface area contributed by atoms with Crippen LogP contribution in [0.15, 0.2) is 42.5 Å². The van der Waals surface area contributed by atoms with Gasteiger partial charge < -0.3 is 4.74 Å². The van der Waals surface area contributed by atoms with Crippen molar-refractivity contribution in [3.8, 4) is 0 Å². The molecule has 1 aliphatic rings. The molecule has 2 aromatic carbocycles. The molecule has 0 saturated carbocycles. The standard InChI is InChI=1S/C23H24O3/c1-4-26-22(25)18-12-9-16(10-13-18)8-11-17-6-5-7-19-21(17)20(24)14-15-23(19,2)3/h5-13H,4,14-15H2,1-3H3. The number of fused-ring (bicyclic) bond motifs is 1. The summed E-state index contributed by atoms with van der Waals surface area (Å²) in [6.45, 7) is 6.54. The second kappa shape index (κ2) is 7.28. The van der Waals surface area contributed by atoms with E-state index in [1.807, 2.05) is 36.4 Å². The van der Waals surface area contributed by atoms with Crippen molar-refractivity contribution in [2.75, 3.05) is 6.61 Å². The van der Waals surface area contributed by atoms with Gasteiger partial charge in [-0.2, -0.15) is 0 Å². The van der Waals surface area contributed by atoms with E-state index in [-0.39, 0.29) is 17.2 Å². The molecule has 3 rings (SSSR count). The predicted octanol–water partition coefficient (Wildman–Crippen LogP) is 5.29. The van der Waals surface area contributed by atoms with Crippen molar-refractivity contribution in [2.45, 2.75) is 39.0 Å². The number of ether oxygens (including phenoxy) is 1. The molecule has 134 valence electrons. The summed E-state index contributed by atoms with van der Waals surface area (Å²) in [6, 6.07) is 13.3. The Morgan fingerprint density at radius 2 is 1.85 bits per heavy atom. The molecule has 0 atom stereocenters. The van der Waals surface area contributed by atoms with Gasteiger partial charge in [0, 0.05) is 12.0 Å². The number of benzene rings is 2. The second-order valence-electron chi connectivity index (χ2n) is 7.25. The Kier molecular flexibility index (Phi) is 5.08. The van der Waals surface area contributed by atoms with Crippen LogP contribution in [0.25, 0.3) is 12.2 Å². The van der Waals surface area contributed by atoms with Crippen molar-refractivity contribution < 1.29 is 14.3 Å². The number of hydrogen-bond acceptors (Lipinski definition) is 3. The SMILES string of the molecule is CCOC(=O)c1ccc(C=Cc2cccc3c2C(=O)CCC3(C)C)cc1. The lowest BCUT2D eigenvalue weighted by molar-refractivity contribution is 0.0526. The van der Waals surface area contributed by atoms with E-state index in [1.54, 1.807) is 19.1 Å². The van der Waals surface area contributed by atoms with Gasteiger partial charge in [-0.25, -0.2) is 4.79 Å². The van der Waals surface area contributed by atoms with Crippen LogP contribution in [0.2, 0.25) is 0 Å². The van der Waals surface area contributed by atoms with Gasteiger partial charge in [-0.3, -0.25) is 4.79 Å². The zero-order chi connectivity index (χ0) is 18.7. The summed E-state index contributed by atoms with van der Waals surface area (Å²) in [4.78, 5) is 24.2. The molecule has 0 radical (unpaired) electrons. The van der Waals surface area contributed by atoms with Crippen molar-refractivity contribution in [3.63, 3.8) is 0 Å². The van der Waals surface area contributed by atoms with E-state index in [2.05, 4.69) is 19.9 Å². The van der Waals surface area contributed by atoms with Gasteiger partial charge in [0.2, 0.25) is 0 Å². The van der Waals surface area contributed by atoms with Crippen LogP contribution in [-0.2, 0) is 10.2 Å². The Hall–Kier alpha value is -2.68. The molecule has 0 heterocycles. The predicted molar refractivity (Wildman–Crippen MR) is 104 cm³/mol. The van der Waals surface area contributed by atoms with Gasteiger partial charge in [-0.15, -0.1) is 0 Å². The van der Waals surface area contributed by atoms with Gasteiger partial charge >= 0.3 is 5.97 Å². The van der Waals surface area contributed by atoms with Crippen molar-refractivity contribution in [2.24, 2.45) is 0 Å². The number of esters is 1. The molecule has 0 aromatic heterocycles. The lowest BCUT2D eigenvalue weighted by Gasteiger charge is -2.32. The van der Waals surface area contributed by atoms with Crippen LogP contribution in [0, 0.1) is 0 Å². The van der Waals surface area contributed by atoms with E-state index >= 15 is 0 Å². The topological polar surface area (TPSA) is 43.4 Å². The summed E-state index contributed by atoms with van der Waals surface area (Å²) in [5.41, 5.74) is 4.47. The maximum absolute atomic E-state index is 12.5. The van der Waals surface area contributed by atoms with Crippen molar-refractivity contribution >= 4 is 23.9 Å². The average molecular weight is 348 g/mol. The third kappa shape index (κ3) is 3.62. The normalized spacial score (nSPS) is 15.7. The monoisotopic (exact) mass is 348 g/mol. The highest BCUT2D eigenvalue weighted by Crippen LogP contribution is 2.38. The lowest BCUT2D eigenvalue weighted by atomic mass is 9.71. The average Bonchev–Trinajstić information content (AvgIpc) is 2.64. The van der Waals surface area contributed by atoms with Crippen LogP contribution in [0.5, 0.6) is 0 Å². The minimum atomic E-state index is -0.312. The molecule has 0 fully saturated rings. The Morgan fingerprint density at radius 1 is 1.12 bits per heavy atom. The smallest absolute Gasteiger partial charge is 0.338 e. The maximum atomic E-state index is 12.5. The van der Waals surface area contributed by atoms with E-state index in [4.69, 9.17) is 4.74 Å². The van der Waals surface area contributed by atoms with Gasteiger partial charge in [0.25, 0.3) is 0 Å². The van der Waals surface area contributed by atoms with Crippen LogP contribution in [0.4, 0.5) is 0 Å². The van der Waals surface area contributed by atoms with Crippen LogP contribution in [0.1, 0.15) is 71.0 Å². The Morgan fingerprint density at radius 3 is 2.54 bits per heavy atom. The molecule has 0 saturated heterocycles. The first-order chi connectivity index (χ1) is 12.4. The molecule has 0 bridgehead atoms. The highest BCUT2D eigenvalue weighted by atomic mass is 16.5. The van der Waals surface area contributed by atoms with Crippen LogP contribution < -0.4 is 0 Å². The molecule has 26 heavy (non-hydrogen) atoms. The largest absolute Gasteiger partial charge is 0.462 e. The van der Waals surface area contributed by atoms with Crippen molar-refractivity contribution in [1.82, 2.24) is 0 Å². The van der Waals surface area contributed by atoms with Gasteiger partial charge in [-0.05, 0) is 47.6 Å². The fraction of sp³-hybridized carbons (Fsp3) is 0.304. The van der Waals surface area contributed by atoms with E-state index in [1.165, 1.54) is 0 Å². The summed E-state index contributed by atoms with van der Waals surface area (Å²) < 4.78 is 5.00. The number of hydrogen-bond donors (Lipinski definition) is 0. The van der Waals surface area contributed by atoms with Gasteiger partial charge in [0.15, 0.2) is 5.78 Å². The lowest BCUT2D eigenvalue weighted by Crippen LogP contribution is -2.27. The quantitative estimate of drug-likeness (QED) is 0.557. The zero-order valence-corrected chi connectivity index (χ0v) is 15.5. The number of carbonyl (C=O) groups is 2. The van der Waals surface area contributed by atoms with Gasteiger partial charge in [0.05, 0.1) is 12.2 Å². The fourth-order valence-electron chi connectivity index (χ4n) is 3.40. The molecule has 3 nitrogen and oxygen atoms in total.